The molecule has 2 aromatic carbocycles. The van der Waals surface area contributed by atoms with Crippen molar-refractivity contribution >= 4 is 24.0 Å². The van der Waals surface area contributed by atoms with Crippen molar-refractivity contribution in [3.8, 4) is 0 Å². The third kappa shape index (κ3) is 2.67. The Morgan fingerprint density at radius 2 is 1.35 bits per heavy atom. The molecule has 0 heterocycles. The molecule has 2 rings (SSSR count). The van der Waals surface area contributed by atoms with Crippen molar-refractivity contribution in [1.29, 1.82) is 0 Å². The highest BCUT2D eigenvalue weighted by molar-refractivity contribution is 6.58. The topological polar surface area (TPSA) is 43.7 Å². The molecule has 0 saturated carbocycles. The zero-order chi connectivity index (χ0) is 12.3. The molecule has 0 spiro atoms. The van der Waals surface area contributed by atoms with E-state index in [1.165, 1.54) is 0 Å². The molecule has 4 heteroatoms. The number of hydrogen-bond acceptors (Lipinski definition) is 3. The minimum atomic E-state index is -1.41. The number of hydrogen-bond donors (Lipinski definition) is 2. The average Bonchev–Trinajstić information content (AvgIpc) is 2.39. The molecule has 0 aliphatic carbocycles. The van der Waals surface area contributed by atoms with Crippen LogP contribution in [0.25, 0.3) is 0 Å². The molecule has 0 saturated heterocycles. The Morgan fingerprint density at radius 3 is 1.88 bits per heavy atom. The Labute approximate surface area is 101 Å². The molecular weight excluding hydrogens is 213 g/mol. The molecule has 0 aliphatic rings. The molecule has 0 bridgehead atoms. The number of rotatable bonds is 3. The van der Waals surface area contributed by atoms with Gasteiger partial charge in [-0.3, -0.25) is 0 Å². The fourth-order valence-corrected chi connectivity index (χ4v) is 1.67. The van der Waals surface area contributed by atoms with Crippen molar-refractivity contribution in [3.63, 3.8) is 0 Å². The van der Waals surface area contributed by atoms with Crippen LogP contribution in [0.4, 0.5) is 11.4 Å². The van der Waals surface area contributed by atoms with Crippen LogP contribution in [0.3, 0.4) is 0 Å². The number of anilines is 2. The van der Waals surface area contributed by atoms with Gasteiger partial charge in [-0.2, -0.15) is 0 Å². The maximum absolute atomic E-state index is 9.01. The van der Waals surface area contributed by atoms with Gasteiger partial charge in [0.25, 0.3) is 0 Å². The molecule has 0 amide bonds. The van der Waals surface area contributed by atoms with Gasteiger partial charge in [-0.05, 0) is 29.7 Å². The monoisotopic (exact) mass is 227 g/mol. The first-order chi connectivity index (χ1) is 8.18. The van der Waals surface area contributed by atoms with Crippen molar-refractivity contribution < 1.29 is 10.0 Å². The minimum Gasteiger partial charge on any atom is -0.423 e. The summed E-state index contributed by atoms with van der Waals surface area (Å²) in [6, 6.07) is 17.1. The minimum absolute atomic E-state index is 0.496. The van der Waals surface area contributed by atoms with Crippen molar-refractivity contribution in [2.24, 2.45) is 0 Å². The predicted octanol–water partition coefficient (Wildman–Crippen LogP) is 1.13. The number of para-hydroxylation sites is 1. The molecule has 2 aromatic rings. The van der Waals surface area contributed by atoms with Crippen LogP contribution in [0.15, 0.2) is 54.6 Å². The second kappa shape index (κ2) is 5.04. The van der Waals surface area contributed by atoms with Gasteiger partial charge in [0.2, 0.25) is 0 Å². The second-order valence-electron chi connectivity index (χ2n) is 3.86. The van der Waals surface area contributed by atoms with Crippen LogP contribution in [-0.4, -0.2) is 24.2 Å². The number of nitrogens with zero attached hydrogens (tertiary/aromatic N) is 1. The van der Waals surface area contributed by atoms with Gasteiger partial charge in [-0.1, -0.05) is 30.3 Å². The van der Waals surface area contributed by atoms with Crippen molar-refractivity contribution in [2.75, 3.05) is 11.9 Å². The van der Waals surface area contributed by atoms with Gasteiger partial charge in [-0.25, -0.2) is 0 Å². The highest BCUT2D eigenvalue weighted by Gasteiger charge is 2.10. The molecule has 0 aromatic heterocycles. The molecule has 2 N–H and O–H groups in total. The van der Waals surface area contributed by atoms with Gasteiger partial charge in [-0.15, -0.1) is 0 Å². The molecule has 0 atom stereocenters. The first-order valence-electron chi connectivity index (χ1n) is 5.43. The van der Waals surface area contributed by atoms with Gasteiger partial charge in [0, 0.05) is 18.4 Å². The van der Waals surface area contributed by atoms with E-state index in [1.54, 1.807) is 12.1 Å². The van der Waals surface area contributed by atoms with E-state index in [0.717, 1.165) is 11.4 Å². The van der Waals surface area contributed by atoms with Crippen LogP contribution in [0.1, 0.15) is 0 Å². The fourth-order valence-electron chi connectivity index (χ4n) is 1.67. The van der Waals surface area contributed by atoms with E-state index in [2.05, 4.69) is 0 Å². The normalized spacial score (nSPS) is 10.1. The molecule has 17 heavy (non-hydrogen) atoms. The Morgan fingerprint density at radius 1 is 0.824 bits per heavy atom. The lowest BCUT2D eigenvalue weighted by Crippen LogP contribution is -2.29. The van der Waals surface area contributed by atoms with E-state index in [-0.39, 0.29) is 0 Å². The van der Waals surface area contributed by atoms with Gasteiger partial charge in [0.1, 0.15) is 0 Å². The molecular formula is C13H14BNO2. The van der Waals surface area contributed by atoms with E-state index in [0.29, 0.717) is 5.46 Å². The quantitative estimate of drug-likeness (QED) is 0.772. The highest BCUT2D eigenvalue weighted by atomic mass is 16.4. The average molecular weight is 227 g/mol. The summed E-state index contributed by atoms with van der Waals surface area (Å²) in [7, 11) is 0.561. The van der Waals surface area contributed by atoms with E-state index < -0.39 is 7.12 Å². The summed E-state index contributed by atoms with van der Waals surface area (Å²) in [5.41, 5.74) is 2.58. The largest absolute Gasteiger partial charge is 0.488 e. The van der Waals surface area contributed by atoms with Gasteiger partial charge >= 0.3 is 7.12 Å². The van der Waals surface area contributed by atoms with Crippen molar-refractivity contribution in [3.05, 3.63) is 54.6 Å². The Hall–Kier alpha value is -1.78. The maximum atomic E-state index is 9.01. The van der Waals surface area contributed by atoms with E-state index in [1.807, 2.05) is 54.4 Å². The number of benzene rings is 2. The molecule has 0 radical (unpaired) electrons. The fraction of sp³-hybridized carbons (Fsp3) is 0.0769. The smallest absolute Gasteiger partial charge is 0.423 e. The summed E-state index contributed by atoms with van der Waals surface area (Å²) in [6.07, 6.45) is 0. The van der Waals surface area contributed by atoms with Crippen molar-refractivity contribution in [1.82, 2.24) is 0 Å². The van der Waals surface area contributed by atoms with Crippen LogP contribution in [0.2, 0.25) is 0 Å². The van der Waals surface area contributed by atoms with Gasteiger partial charge in [0.05, 0.1) is 0 Å². The summed E-state index contributed by atoms with van der Waals surface area (Å²) in [4.78, 5) is 2.04. The first-order valence-corrected chi connectivity index (χ1v) is 5.43. The van der Waals surface area contributed by atoms with Crippen LogP contribution >= 0.6 is 0 Å². The van der Waals surface area contributed by atoms with Gasteiger partial charge < -0.3 is 14.9 Å². The van der Waals surface area contributed by atoms with Crippen LogP contribution < -0.4 is 10.4 Å². The zero-order valence-electron chi connectivity index (χ0n) is 9.62. The highest BCUT2D eigenvalue weighted by Crippen LogP contribution is 2.21. The Bertz CT molecular complexity index is 471. The third-order valence-corrected chi connectivity index (χ3v) is 2.72. The van der Waals surface area contributed by atoms with Gasteiger partial charge in [0.15, 0.2) is 0 Å². The maximum Gasteiger partial charge on any atom is 0.488 e. The molecule has 0 aliphatic heterocycles. The summed E-state index contributed by atoms with van der Waals surface area (Å²) in [5, 5.41) is 18.0. The van der Waals surface area contributed by atoms with E-state index >= 15 is 0 Å². The summed E-state index contributed by atoms with van der Waals surface area (Å²) in [5.74, 6) is 0. The molecule has 3 nitrogen and oxygen atoms in total. The zero-order valence-corrected chi connectivity index (χ0v) is 9.62. The predicted molar refractivity (Wildman–Crippen MR) is 70.8 cm³/mol. The van der Waals surface area contributed by atoms with Crippen LogP contribution in [-0.2, 0) is 0 Å². The lowest BCUT2D eigenvalue weighted by atomic mass is 9.80. The summed E-state index contributed by atoms with van der Waals surface area (Å²) < 4.78 is 0. The second-order valence-corrected chi connectivity index (χ2v) is 3.86. The lowest BCUT2D eigenvalue weighted by Gasteiger charge is -2.19. The SMILES string of the molecule is CN(c1ccccc1)c1ccc(B(O)O)cc1. The van der Waals surface area contributed by atoms with Crippen LogP contribution in [0, 0.1) is 0 Å². The summed E-state index contributed by atoms with van der Waals surface area (Å²) >= 11 is 0. The van der Waals surface area contributed by atoms with Crippen LogP contribution in [0.5, 0.6) is 0 Å². The molecule has 0 unspecified atom stereocenters. The third-order valence-electron chi connectivity index (χ3n) is 2.72. The van der Waals surface area contributed by atoms with E-state index in [4.69, 9.17) is 10.0 Å². The lowest BCUT2D eigenvalue weighted by molar-refractivity contribution is 0.426. The standard InChI is InChI=1S/C13H14BNO2/c1-15(12-5-3-2-4-6-12)13-9-7-11(8-10-13)14(16)17/h2-10,16-17H,1H3. The van der Waals surface area contributed by atoms with E-state index in [9.17, 15) is 0 Å². The first kappa shape index (κ1) is 11.7. The Kier molecular flexibility index (Phi) is 3.47. The van der Waals surface area contributed by atoms with Crippen molar-refractivity contribution in [2.45, 2.75) is 0 Å². The molecule has 0 fully saturated rings. The summed E-state index contributed by atoms with van der Waals surface area (Å²) in [6.45, 7) is 0. The molecule has 86 valence electrons. The Balaban J connectivity index is 2.23.